The van der Waals surface area contributed by atoms with Gasteiger partial charge >= 0.3 is 0 Å². The highest BCUT2D eigenvalue weighted by molar-refractivity contribution is 5.68. The molecule has 1 aromatic carbocycles. The van der Waals surface area contributed by atoms with Crippen LogP contribution in [0.15, 0.2) is 24.8 Å². The van der Waals surface area contributed by atoms with E-state index < -0.39 is 0 Å². The van der Waals surface area contributed by atoms with Gasteiger partial charge in [-0.15, -0.1) is 0 Å². The Kier molecular flexibility index (Phi) is 3.69. The molecule has 0 N–H and O–H groups in total. The number of ether oxygens (including phenoxy) is 1. The van der Waals surface area contributed by atoms with Crippen LogP contribution in [0, 0.1) is 5.82 Å². The summed E-state index contributed by atoms with van der Waals surface area (Å²) in [7, 11) is 1.47. The molecule has 0 saturated carbocycles. The number of halogens is 1. The van der Waals surface area contributed by atoms with Crippen LogP contribution in [0.1, 0.15) is 25.3 Å². The number of rotatable bonds is 4. The van der Waals surface area contributed by atoms with Crippen molar-refractivity contribution in [2.75, 3.05) is 7.11 Å². The van der Waals surface area contributed by atoms with E-state index >= 15 is 0 Å². The van der Waals surface area contributed by atoms with E-state index in [2.05, 4.69) is 13.5 Å². The van der Waals surface area contributed by atoms with Gasteiger partial charge in [-0.3, -0.25) is 0 Å². The second-order valence-corrected chi connectivity index (χ2v) is 3.17. The molecule has 0 aliphatic rings. The third kappa shape index (κ3) is 2.13. The average molecular weight is 194 g/mol. The molecule has 0 radical (unpaired) electrons. The molecule has 2 heteroatoms. The third-order valence-corrected chi connectivity index (χ3v) is 2.10. The van der Waals surface area contributed by atoms with Crippen LogP contribution >= 0.6 is 0 Å². The summed E-state index contributed by atoms with van der Waals surface area (Å²) in [5, 5.41) is 0. The van der Waals surface area contributed by atoms with Crippen molar-refractivity contribution in [1.82, 2.24) is 0 Å². The van der Waals surface area contributed by atoms with Gasteiger partial charge in [0.2, 0.25) is 0 Å². The van der Waals surface area contributed by atoms with Crippen molar-refractivity contribution < 1.29 is 9.13 Å². The Labute approximate surface area is 84.2 Å². The Morgan fingerprint density at radius 3 is 2.79 bits per heavy atom. The van der Waals surface area contributed by atoms with E-state index in [9.17, 15) is 4.39 Å². The Morgan fingerprint density at radius 1 is 1.50 bits per heavy atom. The molecule has 1 nitrogen and oxygen atoms in total. The Hall–Kier alpha value is -1.31. The predicted molar refractivity (Wildman–Crippen MR) is 56.9 cm³/mol. The van der Waals surface area contributed by atoms with Crippen molar-refractivity contribution >= 4 is 5.57 Å². The lowest BCUT2D eigenvalue weighted by Gasteiger charge is -2.10. The lowest BCUT2D eigenvalue weighted by molar-refractivity contribution is 0.385. The van der Waals surface area contributed by atoms with Crippen LogP contribution in [0.25, 0.3) is 5.57 Å². The molecule has 1 rings (SSSR count). The van der Waals surface area contributed by atoms with Crippen molar-refractivity contribution in [3.05, 3.63) is 36.2 Å². The van der Waals surface area contributed by atoms with Gasteiger partial charge in [0, 0.05) is 5.56 Å². The van der Waals surface area contributed by atoms with Crippen LogP contribution < -0.4 is 4.74 Å². The molecule has 0 heterocycles. The first-order chi connectivity index (χ1) is 6.70. The fraction of sp³-hybridized carbons (Fsp3) is 0.333. The SMILES string of the molecule is C=C(CCC)c1cccc(F)c1OC. The van der Waals surface area contributed by atoms with Gasteiger partial charge < -0.3 is 4.74 Å². The zero-order valence-corrected chi connectivity index (χ0v) is 8.64. The third-order valence-electron chi connectivity index (χ3n) is 2.10. The van der Waals surface area contributed by atoms with Gasteiger partial charge in [-0.2, -0.15) is 0 Å². The van der Waals surface area contributed by atoms with Crippen molar-refractivity contribution in [2.45, 2.75) is 19.8 Å². The van der Waals surface area contributed by atoms with Crippen LogP contribution in [-0.2, 0) is 0 Å². The predicted octanol–water partition coefficient (Wildman–Crippen LogP) is 3.65. The van der Waals surface area contributed by atoms with Crippen molar-refractivity contribution in [2.24, 2.45) is 0 Å². The minimum Gasteiger partial charge on any atom is -0.493 e. The van der Waals surface area contributed by atoms with Gasteiger partial charge in [0.1, 0.15) is 0 Å². The fourth-order valence-electron chi connectivity index (χ4n) is 1.43. The van der Waals surface area contributed by atoms with Crippen LogP contribution in [-0.4, -0.2) is 7.11 Å². The zero-order valence-electron chi connectivity index (χ0n) is 8.64. The fourth-order valence-corrected chi connectivity index (χ4v) is 1.43. The molecule has 0 unspecified atom stereocenters. The lowest BCUT2D eigenvalue weighted by Crippen LogP contribution is -1.94. The molecule has 76 valence electrons. The van der Waals surface area contributed by atoms with Gasteiger partial charge in [-0.1, -0.05) is 32.1 Å². The van der Waals surface area contributed by atoms with Crippen LogP contribution in [0.2, 0.25) is 0 Å². The maximum atomic E-state index is 13.3. The van der Waals surface area contributed by atoms with E-state index in [1.807, 2.05) is 6.07 Å². The largest absolute Gasteiger partial charge is 0.493 e. The molecule has 1 aromatic rings. The normalized spacial score (nSPS) is 9.93. The van der Waals surface area contributed by atoms with Gasteiger partial charge in [-0.05, 0) is 18.1 Å². The number of para-hydroxylation sites is 1. The zero-order chi connectivity index (χ0) is 10.6. The second-order valence-electron chi connectivity index (χ2n) is 3.17. The van der Waals surface area contributed by atoms with E-state index in [1.54, 1.807) is 6.07 Å². The molecule has 0 saturated heterocycles. The van der Waals surface area contributed by atoms with Gasteiger partial charge in [-0.25, -0.2) is 4.39 Å². The maximum Gasteiger partial charge on any atom is 0.165 e. The van der Waals surface area contributed by atoms with Crippen molar-refractivity contribution in [3.8, 4) is 5.75 Å². The average Bonchev–Trinajstić information content (AvgIpc) is 2.17. The molecular weight excluding hydrogens is 179 g/mol. The molecule has 0 bridgehead atoms. The van der Waals surface area contributed by atoms with Crippen LogP contribution in [0.5, 0.6) is 5.75 Å². The molecule has 0 atom stereocenters. The Balaban J connectivity index is 3.07. The first-order valence-electron chi connectivity index (χ1n) is 4.71. The highest BCUT2D eigenvalue weighted by Crippen LogP contribution is 2.29. The molecule has 0 amide bonds. The lowest BCUT2D eigenvalue weighted by atomic mass is 10.0. The maximum absolute atomic E-state index is 13.3. The first-order valence-corrected chi connectivity index (χ1v) is 4.71. The molecule has 0 spiro atoms. The summed E-state index contributed by atoms with van der Waals surface area (Å²) in [6, 6.07) is 4.90. The number of benzene rings is 1. The quantitative estimate of drug-likeness (QED) is 0.711. The van der Waals surface area contributed by atoms with Crippen molar-refractivity contribution in [3.63, 3.8) is 0 Å². The highest BCUT2D eigenvalue weighted by Gasteiger charge is 2.10. The smallest absolute Gasteiger partial charge is 0.165 e. The topological polar surface area (TPSA) is 9.23 Å². The van der Waals surface area contributed by atoms with E-state index in [0.717, 1.165) is 24.0 Å². The summed E-state index contributed by atoms with van der Waals surface area (Å²) >= 11 is 0. The van der Waals surface area contributed by atoms with Gasteiger partial charge in [0.15, 0.2) is 11.6 Å². The van der Waals surface area contributed by atoms with E-state index in [4.69, 9.17) is 4.74 Å². The number of allylic oxidation sites excluding steroid dienone is 1. The summed E-state index contributed by atoms with van der Waals surface area (Å²) in [5.41, 5.74) is 1.69. The minimum absolute atomic E-state index is 0.297. The monoisotopic (exact) mass is 194 g/mol. The summed E-state index contributed by atoms with van der Waals surface area (Å²) in [6.45, 7) is 5.98. The first kappa shape index (κ1) is 10.8. The molecule has 14 heavy (non-hydrogen) atoms. The van der Waals surface area contributed by atoms with Gasteiger partial charge in [0.25, 0.3) is 0 Å². The van der Waals surface area contributed by atoms with Crippen LogP contribution in [0.4, 0.5) is 4.39 Å². The summed E-state index contributed by atoms with van der Waals surface area (Å²) in [6.07, 6.45) is 1.86. The standard InChI is InChI=1S/C12H15FO/c1-4-6-9(2)10-7-5-8-11(13)12(10)14-3/h5,7-8H,2,4,6H2,1,3H3. The molecule has 0 aliphatic carbocycles. The van der Waals surface area contributed by atoms with E-state index in [1.165, 1.54) is 13.2 Å². The second kappa shape index (κ2) is 4.80. The van der Waals surface area contributed by atoms with Crippen molar-refractivity contribution in [1.29, 1.82) is 0 Å². The molecular formula is C12H15FO. The molecule has 0 fully saturated rings. The number of methoxy groups -OCH3 is 1. The summed E-state index contributed by atoms with van der Waals surface area (Å²) < 4.78 is 18.3. The Bertz CT molecular complexity index is 331. The Morgan fingerprint density at radius 2 is 2.21 bits per heavy atom. The van der Waals surface area contributed by atoms with Crippen LogP contribution in [0.3, 0.4) is 0 Å². The van der Waals surface area contributed by atoms with E-state index in [-0.39, 0.29) is 5.82 Å². The summed E-state index contributed by atoms with van der Waals surface area (Å²) in [4.78, 5) is 0. The van der Waals surface area contributed by atoms with E-state index in [0.29, 0.717) is 5.75 Å². The highest BCUT2D eigenvalue weighted by atomic mass is 19.1. The number of hydrogen-bond donors (Lipinski definition) is 0. The molecule has 0 aromatic heterocycles. The molecule has 0 aliphatic heterocycles. The minimum atomic E-state index is -0.331. The summed E-state index contributed by atoms with van der Waals surface area (Å²) in [5.74, 6) is -0.0341. The number of hydrogen-bond acceptors (Lipinski definition) is 1. The van der Waals surface area contributed by atoms with Gasteiger partial charge in [0.05, 0.1) is 7.11 Å².